The first kappa shape index (κ1) is 13.5. The second kappa shape index (κ2) is 9.96. The molecule has 11 heavy (non-hydrogen) atoms. The van der Waals surface area contributed by atoms with Crippen molar-refractivity contribution in [2.75, 3.05) is 0 Å². The molecule has 0 radical (unpaired) electrons. The van der Waals surface area contributed by atoms with Gasteiger partial charge in [-0.15, -0.1) is 0 Å². The summed E-state index contributed by atoms with van der Waals surface area (Å²) in [5.74, 6) is 1.01. The number of unbranched alkanes of at least 4 members (excludes halogenated alkanes) is 2. The largest absolute Gasteiger partial charge is 0.344 e. The monoisotopic (exact) mass is 159 g/mol. The van der Waals surface area contributed by atoms with Gasteiger partial charge in [-0.3, -0.25) is 0 Å². The van der Waals surface area contributed by atoms with Crippen LogP contribution in [0.1, 0.15) is 59.3 Å². The molecule has 0 unspecified atom stereocenters. The van der Waals surface area contributed by atoms with Gasteiger partial charge in [0.25, 0.3) is 0 Å². The van der Waals surface area contributed by atoms with Crippen molar-refractivity contribution in [1.82, 2.24) is 6.15 Å². The van der Waals surface area contributed by atoms with Crippen molar-refractivity contribution in [1.29, 1.82) is 0 Å². The maximum Gasteiger partial charge on any atom is -0.0420 e. The van der Waals surface area contributed by atoms with E-state index in [9.17, 15) is 0 Å². The summed E-state index contributed by atoms with van der Waals surface area (Å²) in [4.78, 5) is 0. The number of hydrogen-bond acceptors (Lipinski definition) is 1. The van der Waals surface area contributed by atoms with Gasteiger partial charge in [-0.2, -0.15) is 0 Å². The Morgan fingerprint density at radius 1 is 0.909 bits per heavy atom. The molecule has 3 N–H and O–H groups in total. The second-order valence-electron chi connectivity index (χ2n) is 3.18. The van der Waals surface area contributed by atoms with E-state index in [2.05, 4.69) is 20.8 Å². The second-order valence-corrected chi connectivity index (χ2v) is 3.18. The van der Waals surface area contributed by atoms with Gasteiger partial charge < -0.3 is 6.15 Å². The minimum atomic E-state index is 0. The molecule has 0 heterocycles. The molecule has 0 aromatic rings. The third kappa shape index (κ3) is 7.86. The minimum Gasteiger partial charge on any atom is -0.344 e. The average Bonchev–Trinajstić information content (AvgIpc) is 1.99. The highest BCUT2D eigenvalue weighted by Gasteiger charge is 2.00. The van der Waals surface area contributed by atoms with Crippen LogP contribution in [0, 0.1) is 5.92 Å². The molecule has 0 aromatic carbocycles. The van der Waals surface area contributed by atoms with Crippen LogP contribution in [0.3, 0.4) is 0 Å². The van der Waals surface area contributed by atoms with E-state index in [1.54, 1.807) is 0 Å². The van der Waals surface area contributed by atoms with Crippen molar-refractivity contribution in [3.05, 3.63) is 0 Å². The number of rotatable bonds is 6. The molecule has 0 aromatic heterocycles. The molecule has 0 rings (SSSR count). The highest BCUT2D eigenvalue weighted by atomic mass is 14.1. The highest BCUT2D eigenvalue weighted by molar-refractivity contribution is 4.54. The lowest BCUT2D eigenvalue weighted by Crippen LogP contribution is -1.95. The fraction of sp³-hybridized carbons (Fsp3) is 1.00. The van der Waals surface area contributed by atoms with E-state index in [1.807, 2.05) is 0 Å². The fourth-order valence-corrected chi connectivity index (χ4v) is 1.38. The molecule has 0 saturated carbocycles. The fourth-order valence-electron chi connectivity index (χ4n) is 1.38. The van der Waals surface area contributed by atoms with Crippen LogP contribution in [0.15, 0.2) is 0 Å². The van der Waals surface area contributed by atoms with Crippen LogP contribution in [0.4, 0.5) is 0 Å². The molecule has 0 atom stereocenters. The molecule has 0 saturated heterocycles. The van der Waals surface area contributed by atoms with Crippen molar-refractivity contribution in [2.45, 2.75) is 59.3 Å². The Hall–Kier alpha value is -0.0400. The Morgan fingerprint density at radius 3 is 1.82 bits per heavy atom. The zero-order chi connectivity index (χ0) is 7.82. The Balaban J connectivity index is 0. The Labute approximate surface area is 72.2 Å². The Kier molecular flexibility index (Phi) is 12.3. The molecule has 0 bridgehead atoms. The lowest BCUT2D eigenvalue weighted by molar-refractivity contribution is 0.432. The standard InChI is InChI=1S/C10H22.H3N/c1-4-7-8-9-10(5-2)6-3;/h10H,4-9H2,1-3H3;1H3. The van der Waals surface area contributed by atoms with Gasteiger partial charge in [0.1, 0.15) is 0 Å². The zero-order valence-electron chi connectivity index (χ0n) is 8.53. The van der Waals surface area contributed by atoms with Crippen LogP contribution in [0.2, 0.25) is 0 Å². The van der Waals surface area contributed by atoms with Crippen LogP contribution in [0.5, 0.6) is 0 Å². The Bertz CT molecular complexity index is 57.9. The average molecular weight is 159 g/mol. The minimum absolute atomic E-state index is 0. The maximum absolute atomic E-state index is 2.31. The van der Waals surface area contributed by atoms with E-state index in [0.717, 1.165) is 5.92 Å². The van der Waals surface area contributed by atoms with Crippen molar-refractivity contribution >= 4 is 0 Å². The zero-order valence-corrected chi connectivity index (χ0v) is 8.53. The SMILES string of the molecule is CCCCCC(CC)CC.N. The third-order valence-corrected chi connectivity index (χ3v) is 2.37. The molecule has 70 valence electrons. The molecule has 0 fully saturated rings. The normalized spacial score (nSPS) is 9.82. The van der Waals surface area contributed by atoms with Crippen LogP contribution in [-0.4, -0.2) is 0 Å². The van der Waals surface area contributed by atoms with E-state index in [1.165, 1.54) is 38.5 Å². The summed E-state index contributed by atoms with van der Waals surface area (Å²) in [6, 6.07) is 0. The molecule has 1 nitrogen and oxygen atoms in total. The summed E-state index contributed by atoms with van der Waals surface area (Å²) in [6.07, 6.45) is 8.45. The molecule has 0 aliphatic rings. The summed E-state index contributed by atoms with van der Waals surface area (Å²) >= 11 is 0. The first-order chi connectivity index (χ1) is 4.85. The van der Waals surface area contributed by atoms with E-state index in [4.69, 9.17) is 0 Å². The van der Waals surface area contributed by atoms with Crippen molar-refractivity contribution in [3.63, 3.8) is 0 Å². The topological polar surface area (TPSA) is 35.0 Å². The lowest BCUT2D eigenvalue weighted by Gasteiger charge is -2.10. The molecular weight excluding hydrogens is 134 g/mol. The molecular formula is C10H25N. The highest BCUT2D eigenvalue weighted by Crippen LogP contribution is 2.16. The van der Waals surface area contributed by atoms with Crippen LogP contribution in [-0.2, 0) is 0 Å². The van der Waals surface area contributed by atoms with E-state index < -0.39 is 0 Å². The quantitative estimate of drug-likeness (QED) is 0.580. The summed E-state index contributed by atoms with van der Waals surface area (Å²) in [7, 11) is 0. The van der Waals surface area contributed by atoms with Gasteiger partial charge in [-0.05, 0) is 5.92 Å². The number of hydrogen-bond donors (Lipinski definition) is 1. The summed E-state index contributed by atoms with van der Waals surface area (Å²) in [5.41, 5.74) is 0. The molecule has 0 aliphatic carbocycles. The van der Waals surface area contributed by atoms with Crippen LogP contribution < -0.4 is 6.15 Å². The smallest absolute Gasteiger partial charge is 0.0420 e. The predicted octanol–water partition coefficient (Wildman–Crippen LogP) is 4.16. The maximum atomic E-state index is 2.31. The summed E-state index contributed by atoms with van der Waals surface area (Å²) in [6.45, 7) is 6.88. The third-order valence-electron chi connectivity index (χ3n) is 2.37. The first-order valence-corrected chi connectivity index (χ1v) is 4.85. The summed E-state index contributed by atoms with van der Waals surface area (Å²) in [5, 5.41) is 0. The lowest BCUT2D eigenvalue weighted by atomic mass is 9.96. The molecule has 0 amide bonds. The van der Waals surface area contributed by atoms with Crippen molar-refractivity contribution in [2.24, 2.45) is 5.92 Å². The van der Waals surface area contributed by atoms with Gasteiger partial charge in [-0.1, -0.05) is 59.3 Å². The Morgan fingerprint density at radius 2 is 1.45 bits per heavy atom. The molecule has 0 spiro atoms. The van der Waals surface area contributed by atoms with Crippen molar-refractivity contribution in [3.8, 4) is 0 Å². The van der Waals surface area contributed by atoms with E-state index >= 15 is 0 Å². The first-order valence-electron chi connectivity index (χ1n) is 4.85. The van der Waals surface area contributed by atoms with Gasteiger partial charge in [-0.25, -0.2) is 0 Å². The van der Waals surface area contributed by atoms with Gasteiger partial charge in [0.15, 0.2) is 0 Å². The van der Waals surface area contributed by atoms with Crippen LogP contribution in [0.25, 0.3) is 0 Å². The van der Waals surface area contributed by atoms with E-state index in [-0.39, 0.29) is 6.15 Å². The molecule has 1 heteroatoms. The van der Waals surface area contributed by atoms with Crippen LogP contribution >= 0.6 is 0 Å². The van der Waals surface area contributed by atoms with Gasteiger partial charge in [0.2, 0.25) is 0 Å². The van der Waals surface area contributed by atoms with Gasteiger partial charge in [0, 0.05) is 0 Å². The molecule has 0 aliphatic heterocycles. The van der Waals surface area contributed by atoms with Crippen molar-refractivity contribution < 1.29 is 0 Å². The predicted molar refractivity (Wildman–Crippen MR) is 53.2 cm³/mol. The van der Waals surface area contributed by atoms with E-state index in [0.29, 0.717) is 0 Å². The summed E-state index contributed by atoms with van der Waals surface area (Å²) < 4.78 is 0. The van der Waals surface area contributed by atoms with Gasteiger partial charge in [0.05, 0.1) is 0 Å². The van der Waals surface area contributed by atoms with Gasteiger partial charge >= 0.3 is 0 Å².